The van der Waals surface area contributed by atoms with Crippen LogP contribution in [0.25, 0.3) is 0 Å². The summed E-state index contributed by atoms with van der Waals surface area (Å²) in [4.78, 5) is 70.2. The van der Waals surface area contributed by atoms with Crippen molar-refractivity contribution in [1.82, 2.24) is 25.5 Å². The van der Waals surface area contributed by atoms with Gasteiger partial charge in [0.1, 0.15) is 40.6 Å². The predicted octanol–water partition coefficient (Wildman–Crippen LogP) is 2.99. The van der Waals surface area contributed by atoms with Crippen molar-refractivity contribution in [3.05, 3.63) is 65.6 Å². The number of halogens is 1. The molecule has 5 heterocycles. The van der Waals surface area contributed by atoms with Crippen LogP contribution in [-0.2, 0) is 23.9 Å². The second-order valence-corrected chi connectivity index (χ2v) is 17.6. The third kappa shape index (κ3) is 7.66. The number of likely N-dealkylation sites (tertiary alicyclic amines) is 1. The van der Waals surface area contributed by atoms with Gasteiger partial charge >= 0.3 is 0 Å². The highest BCUT2D eigenvalue weighted by Gasteiger charge is 2.51. The number of aliphatic hydroxyl groups is 1. The highest BCUT2D eigenvalue weighted by Crippen LogP contribution is 2.43. The molecule has 5 N–H and O–H groups in total. The van der Waals surface area contributed by atoms with E-state index in [4.69, 9.17) is 20.4 Å². The second kappa shape index (κ2) is 16.8. The van der Waals surface area contributed by atoms with E-state index in [2.05, 4.69) is 20.4 Å². The van der Waals surface area contributed by atoms with Gasteiger partial charge in [0.05, 0.1) is 24.9 Å². The SMILES string of the molecule is CCC1C(=O)N(C)c2cnc(C3C(OC)=CC=CC3(N)C(=O)NC3(CCO)CCN(CC4CN(c5ccc(C6CCC(=O)NC6=O)cc5F)C4)CC3)nc2N1C1CCCC1. The molecule has 16 heteroatoms. The Balaban J connectivity index is 0.935. The summed E-state index contributed by atoms with van der Waals surface area (Å²) in [6.45, 7) is 5.50. The van der Waals surface area contributed by atoms with Crippen LogP contribution in [0.15, 0.2) is 48.4 Å². The molecule has 322 valence electrons. The van der Waals surface area contributed by atoms with Crippen LogP contribution >= 0.6 is 0 Å². The molecule has 2 aliphatic carbocycles. The number of aliphatic hydroxyl groups excluding tert-OH is 1. The van der Waals surface area contributed by atoms with Gasteiger partial charge in [-0.25, -0.2) is 14.4 Å². The quantitative estimate of drug-likeness (QED) is 0.230. The van der Waals surface area contributed by atoms with Crippen molar-refractivity contribution in [2.75, 3.05) is 68.2 Å². The molecule has 1 aromatic heterocycles. The predicted molar refractivity (Wildman–Crippen MR) is 224 cm³/mol. The summed E-state index contributed by atoms with van der Waals surface area (Å²) in [7, 11) is 3.30. The molecule has 4 unspecified atom stereocenters. The molecule has 8 rings (SSSR count). The Bertz CT molecular complexity index is 2060. The molecule has 4 amide bonds. The number of methoxy groups -OCH3 is 1. The zero-order valence-electron chi connectivity index (χ0n) is 34.9. The number of nitrogens with one attached hydrogen (secondary N) is 2. The first-order chi connectivity index (χ1) is 28.9. The van der Waals surface area contributed by atoms with Crippen molar-refractivity contribution in [2.24, 2.45) is 11.7 Å². The number of ether oxygens (including phenoxy) is 1. The number of carbonyl (C=O) groups is 4. The molecular weight excluding hydrogens is 770 g/mol. The lowest BCUT2D eigenvalue weighted by atomic mass is 9.76. The van der Waals surface area contributed by atoms with Gasteiger partial charge in [-0.1, -0.05) is 38.0 Å². The Morgan fingerprint density at radius 2 is 1.87 bits per heavy atom. The first kappa shape index (κ1) is 41.8. The lowest BCUT2D eigenvalue weighted by molar-refractivity contribution is -0.134. The molecule has 0 spiro atoms. The van der Waals surface area contributed by atoms with Gasteiger partial charge in [-0.15, -0.1) is 0 Å². The Morgan fingerprint density at radius 3 is 2.53 bits per heavy atom. The topological polar surface area (TPSA) is 187 Å². The summed E-state index contributed by atoms with van der Waals surface area (Å²) in [5.74, 6) is -1.09. The first-order valence-corrected chi connectivity index (χ1v) is 21.6. The molecular formula is C44H58FN9O6. The van der Waals surface area contributed by atoms with Gasteiger partial charge in [0.25, 0.3) is 0 Å². The summed E-state index contributed by atoms with van der Waals surface area (Å²) in [6, 6.07) is 4.74. The third-order valence-electron chi connectivity index (χ3n) is 13.9. The number of imide groups is 1. The van der Waals surface area contributed by atoms with Crippen molar-refractivity contribution >= 4 is 40.8 Å². The average molecular weight is 828 g/mol. The molecule has 3 saturated heterocycles. The highest BCUT2D eigenvalue weighted by atomic mass is 19.1. The van der Waals surface area contributed by atoms with E-state index in [9.17, 15) is 24.3 Å². The van der Waals surface area contributed by atoms with E-state index in [0.717, 1.165) is 32.2 Å². The van der Waals surface area contributed by atoms with Crippen LogP contribution in [-0.4, -0.2) is 120 Å². The summed E-state index contributed by atoms with van der Waals surface area (Å²) in [5, 5.41) is 15.9. The van der Waals surface area contributed by atoms with Crippen LogP contribution in [0.4, 0.5) is 21.6 Å². The molecule has 0 radical (unpaired) electrons. The fourth-order valence-corrected chi connectivity index (χ4v) is 10.4. The van der Waals surface area contributed by atoms with Crippen LogP contribution in [0.5, 0.6) is 0 Å². The number of anilines is 3. The normalized spacial score (nSPS) is 27.4. The number of rotatable bonds is 12. The second-order valence-electron chi connectivity index (χ2n) is 17.6. The van der Waals surface area contributed by atoms with Crippen molar-refractivity contribution in [2.45, 2.75) is 106 Å². The summed E-state index contributed by atoms with van der Waals surface area (Å²) in [5.41, 5.74) is 6.56. The summed E-state index contributed by atoms with van der Waals surface area (Å²) >= 11 is 0. The van der Waals surface area contributed by atoms with Crippen LogP contribution in [0.2, 0.25) is 0 Å². The monoisotopic (exact) mass is 827 g/mol. The number of amides is 4. The zero-order valence-corrected chi connectivity index (χ0v) is 34.9. The van der Waals surface area contributed by atoms with E-state index in [1.54, 1.807) is 55.6 Å². The molecule has 6 aliphatic rings. The number of likely N-dealkylation sites (N-methyl/N-ethyl adjacent to an activating group) is 1. The van der Waals surface area contributed by atoms with Crippen LogP contribution < -0.4 is 31.1 Å². The van der Waals surface area contributed by atoms with Crippen molar-refractivity contribution in [3.63, 3.8) is 0 Å². The number of nitrogens with zero attached hydrogens (tertiary/aromatic N) is 6. The third-order valence-corrected chi connectivity index (χ3v) is 13.9. The molecule has 60 heavy (non-hydrogen) atoms. The standard InChI is InChI=1S/C44H58FN9O6/c1-4-32-41(58)51(2)34-23-47-38(49-39(34)54(32)29-8-5-6-9-29)37-35(60-3)10-7-15-44(37,46)42(59)50-43(18-21-55)16-19-52(20-17-43)24-27-25-53(26-27)33-13-11-28(22-31(33)45)30-12-14-36(56)48-40(30)57/h7,10-11,13,15,22-23,27,29-30,32,37,55H,4-6,8-9,12,14,16-21,24-26,46H2,1-3H3,(H,50,59)(H,48,56,57). The average Bonchev–Trinajstić information content (AvgIpc) is 3.76. The number of piperidine rings is 2. The Morgan fingerprint density at radius 1 is 1.12 bits per heavy atom. The molecule has 4 atom stereocenters. The van der Waals surface area contributed by atoms with E-state index in [0.29, 0.717) is 98.5 Å². The van der Waals surface area contributed by atoms with Crippen molar-refractivity contribution in [3.8, 4) is 0 Å². The maximum Gasteiger partial charge on any atom is 0.249 e. The number of nitrogens with two attached hydrogens (primary N) is 1. The van der Waals surface area contributed by atoms with Crippen LogP contribution in [0.3, 0.4) is 0 Å². The minimum absolute atomic E-state index is 0.0137. The van der Waals surface area contributed by atoms with E-state index in [1.807, 2.05) is 11.8 Å². The molecule has 15 nitrogen and oxygen atoms in total. The number of carbonyl (C=O) groups excluding carboxylic acids is 4. The summed E-state index contributed by atoms with van der Waals surface area (Å²) < 4.78 is 21.2. The number of hydrogen-bond donors (Lipinski definition) is 4. The minimum atomic E-state index is -1.63. The van der Waals surface area contributed by atoms with Gasteiger partial charge in [0.15, 0.2) is 5.82 Å². The molecule has 4 fully saturated rings. The van der Waals surface area contributed by atoms with Gasteiger partial charge in [-0.2, -0.15) is 0 Å². The maximum absolute atomic E-state index is 15.3. The van der Waals surface area contributed by atoms with Gasteiger partial charge < -0.3 is 40.5 Å². The number of aromatic nitrogens is 2. The van der Waals surface area contributed by atoms with E-state index >= 15 is 4.39 Å². The fourth-order valence-electron chi connectivity index (χ4n) is 10.4. The Kier molecular flexibility index (Phi) is 11.7. The zero-order chi connectivity index (χ0) is 42.3. The fraction of sp³-hybridized carbons (Fsp3) is 0.591. The van der Waals surface area contributed by atoms with Crippen LogP contribution in [0, 0.1) is 11.7 Å². The number of fused-ring (bicyclic) bond motifs is 1. The largest absolute Gasteiger partial charge is 0.500 e. The number of benzene rings is 1. The molecule has 1 saturated carbocycles. The Labute approximate surface area is 350 Å². The van der Waals surface area contributed by atoms with Crippen LogP contribution in [0.1, 0.15) is 94.4 Å². The van der Waals surface area contributed by atoms with Gasteiger partial charge in [-0.05, 0) is 68.7 Å². The number of hydrogen-bond acceptors (Lipinski definition) is 12. The van der Waals surface area contributed by atoms with Crippen molar-refractivity contribution < 1.29 is 33.4 Å². The van der Waals surface area contributed by atoms with Gasteiger partial charge in [0, 0.05) is 70.3 Å². The molecule has 4 aliphatic heterocycles. The highest BCUT2D eigenvalue weighted by molar-refractivity contribution is 6.04. The van der Waals surface area contributed by atoms with E-state index < -0.39 is 28.8 Å². The van der Waals surface area contributed by atoms with E-state index in [-0.39, 0.29) is 48.7 Å². The van der Waals surface area contributed by atoms with E-state index in [1.165, 1.54) is 6.07 Å². The summed E-state index contributed by atoms with van der Waals surface area (Å²) in [6.07, 6.45) is 13.8. The smallest absolute Gasteiger partial charge is 0.249 e. The lowest BCUT2D eigenvalue weighted by Gasteiger charge is -2.48. The van der Waals surface area contributed by atoms with Crippen molar-refractivity contribution in [1.29, 1.82) is 0 Å². The molecule has 2 aromatic rings. The maximum atomic E-state index is 15.3. The first-order valence-electron chi connectivity index (χ1n) is 21.6. The Hall–Kier alpha value is -4.93. The molecule has 0 bridgehead atoms. The van der Waals surface area contributed by atoms with Gasteiger partial charge in [-0.3, -0.25) is 24.5 Å². The lowest BCUT2D eigenvalue weighted by Crippen LogP contribution is -2.65. The number of allylic oxidation sites excluding steroid dienone is 2. The van der Waals surface area contributed by atoms with Gasteiger partial charge in [0.2, 0.25) is 23.6 Å². The molecule has 1 aromatic carbocycles. The minimum Gasteiger partial charge on any atom is -0.500 e.